The van der Waals surface area contributed by atoms with Crippen molar-refractivity contribution in [1.29, 1.82) is 0 Å². The van der Waals surface area contributed by atoms with Crippen molar-refractivity contribution in [3.8, 4) is 0 Å². The summed E-state index contributed by atoms with van der Waals surface area (Å²) in [7, 11) is 1.72. The molecule has 5 rings (SSSR count). The van der Waals surface area contributed by atoms with Crippen LogP contribution in [-0.4, -0.2) is 17.2 Å². The lowest BCUT2D eigenvalue weighted by Gasteiger charge is -2.46. The van der Waals surface area contributed by atoms with E-state index in [0.29, 0.717) is 11.6 Å². The number of fused-ring (bicyclic) bond motifs is 3. The van der Waals surface area contributed by atoms with Gasteiger partial charge in [0.2, 0.25) is 0 Å². The summed E-state index contributed by atoms with van der Waals surface area (Å²) < 4.78 is 14.2. The van der Waals surface area contributed by atoms with E-state index in [2.05, 4.69) is 24.4 Å². The standard InChI is InChI=1S/C20H21ClN2O3S/c1-11-9-20(18-13(5-6-25-20)8-17(21)27-18)10-14(22-11)12-3-4-15-16(7-12)26-19(24)23(15)2/h3-4,7-8,11,14,22H,5-6,9-10H2,1-2H3. The van der Waals surface area contributed by atoms with Crippen LogP contribution >= 0.6 is 22.9 Å². The van der Waals surface area contributed by atoms with Gasteiger partial charge in [0.1, 0.15) is 5.60 Å². The topological polar surface area (TPSA) is 56.4 Å². The molecule has 1 N–H and O–H groups in total. The van der Waals surface area contributed by atoms with Gasteiger partial charge >= 0.3 is 5.76 Å². The molecule has 0 radical (unpaired) electrons. The number of ether oxygens (including phenoxy) is 1. The highest BCUT2D eigenvalue weighted by molar-refractivity contribution is 7.16. The lowest BCUT2D eigenvalue weighted by atomic mass is 9.78. The molecule has 1 spiro atoms. The molecule has 2 aliphatic rings. The van der Waals surface area contributed by atoms with Crippen molar-refractivity contribution in [3.63, 3.8) is 0 Å². The van der Waals surface area contributed by atoms with Gasteiger partial charge in [0, 0.05) is 30.4 Å². The molecule has 4 heterocycles. The molecule has 0 bridgehead atoms. The van der Waals surface area contributed by atoms with Crippen LogP contribution < -0.4 is 11.1 Å². The first-order valence-corrected chi connectivity index (χ1v) is 10.4. The predicted molar refractivity (Wildman–Crippen MR) is 107 cm³/mol. The maximum absolute atomic E-state index is 11.8. The van der Waals surface area contributed by atoms with Gasteiger partial charge in [-0.1, -0.05) is 17.7 Å². The summed E-state index contributed by atoms with van der Waals surface area (Å²) in [6.45, 7) is 2.92. The fourth-order valence-corrected chi connectivity index (χ4v) is 6.10. The Morgan fingerprint density at radius 2 is 2.19 bits per heavy atom. The van der Waals surface area contributed by atoms with Gasteiger partial charge in [0.15, 0.2) is 5.58 Å². The number of aromatic nitrogens is 1. The van der Waals surface area contributed by atoms with Crippen molar-refractivity contribution in [3.05, 3.63) is 55.2 Å². The number of nitrogens with zero attached hydrogens (tertiary/aromatic N) is 1. The maximum Gasteiger partial charge on any atom is 0.419 e. The summed E-state index contributed by atoms with van der Waals surface area (Å²) in [4.78, 5) is 13.1. The third-order valence-corrected chi connectivity index (χ3v) is 7.31. The molecular formula is C20H21ClN2O3S. The second kappa shape index (κ2) is 6.21. The first kappa shape index (κ1) is 17.5. The van der Waals surface area contributed by atoms with Crippen molar-refractivity contribution in [2.45, 2.75) is 43.9 Å². The lowest BCUT2D eigenvalue weighted by Crippen LogP contribution is -2.49. The second-order valence-electron chi connectivity index (χ2n) is 7.68. The van der Waals surface area contributed by atoms with Crippen molar-refractivity contribution in [2.24, 2.45) is 7.05 Å². The molecule has 142 valence electrons. The molecular weight excluding hydrogens is 384 g/mol. The zero-order valence-corrected chi connectivity index (χ0v) is 16.8. The van der Waals surface area contributed by atoms with Gasteiger partial charge in [0.05, 0.1) is 16.5 Å². The van der Waals surface area contributed by atoms with Crippen LogP contribution in [0.25, 0.3) is 11.1 Å². The predicted octanol–water partition coefficient (Wildman–Crippen LogP) is 4.13. The maximum atomic E-state index is 11.8. The largest absolute Gasteiger partial charge is 0.419 e. The van der Waals surface area contributed by atoms with E-state index < -0.39 is 0 Å². The van der Waals surface area contributed by atoms with E-state index in [9.17, 15) is 4.79 Å². The summed E-state index contributed by atoms with van der Waals surface area (Å²) in [6, 6.07) is 8.53. The van der Waals surface area contributed by atoms with Crippen molar-refractivity contribution >= 4 is 34.0 Å². The van der Waals surface area contributed by atoms with E-state index in [4.69, 9.17) is 20.8 Å². The third kappa shape index (κ3) is 2.78. The zero-order chi connectivity index (χ0) is 18.8. The molecule has 1 fully saturated rings. The van der Waals surface area contributed by atoms with Crippen LogP contribution in [-0.2, 0) is 23.8 Å². The Bertz CT molecular complexity index is 1080. The Labute approximate surface area is 165 Å². The minimum Gasteiger partial charge on any atom is -0.408 e. The molecule has 0 amide bonds. The van der Waals surface area contributed by atoms with E-state index >= 15 is 0 Å². The molecule has 3 atom stereocenters. The number of halogens is 1. The van der Waals surface area contributed by atoms with Crippen LogP contribution in [0, 0.1) is 0 Å². The average molecular weight is 405 g/mol. The van der Waals surface area contributed by atoms with Crippen LogP contribution in [0.5, 0.6) is 0 Å². The van der Waals surface area contributed by atoms with E-state index in [1.165, 1.54) is 15.0 Å². The number of thiophene rings is 1. The average Bonchev–Trinajstić information content (AvgIpc) is 3.15. The summed E-state index contributed by atoms with van der Waals surface area (Å²) in [5, 5.41) is 3.69. The number of hydrogen-bond acceptors (Lipinski definition) is 5. The Hall–Kier alpha value is -1.60. The highest BCUT2D eigenvalue weighted by Gasteiger charge is 2.46. The van der Waals surface area contributed by atoms with Gasteiger partial charge in [-0.2, -0.15) is 0 Å². The highest BCUT2D eigenvalue weighted by atomic mass is 35.5. The number of nitrogens with one attached hydrogen (secondary N) is 1. The number of rotatable bonds is 1. The van der Waals surface area contributed by atoms with Crippen molar-refractivity contribution in [2.75, 3.05) is 6.61 Å². The first-order chi connectivity index (χ1) is 12.9. The SMILES string of the molecule is CC1CC2(CC(c3ccc4c(c3)oc(=O)n4C)N1)OCCc1cc(Cl)sc12. The van der Waals surface area contributed by atoms with Gasteiger partial charge in [-0.3, -0.25) is 4.57 Å². The summed E-state index contributed by atoms with van der Waals surface area (Å²) in [5.74, 6) is -0.336. The van der Waals surface area contributed by atoms with Gasteiger partial charge in [-0.15, -0.1) is 11.3 Å². The number of aryl methyl sites for hydroxylation is 1. The molecule has 0 aliphatic carbocycles. The first-order valence-electron chi connectivity index (χ1n) is 9.23. The Morgan fingerprint density at radius 1 is 1.33 bits per heavy atom. The molecule has 3 unspecified atom stereocenters. The van der Waals surface area contributed by atoms with Gasteiger partial charge in [-0.05, 0) is 49.1 Å². The quantitative estimate of drug-likeness (QED) is 0.662. The molecule has 2 aromatic heterocycles. The molecule has 27 heavy (non-hydrogen) atoms. The van der Waals surface area contributed by atoms with E-state index in [-0.39, 0.29) is 17.4 Å². The van der Waals surface area contributed by atoms with E-state index in [0.717, 1.165) is 41.3 Å². The Kier molecular flexibility index (Phi) is 4.02. The summed E-state index contributed by atoms with van der Waals surface area (Å²) in [6.07, 6.45) is 2.69. The Morgan fingerprint density at radius 3 is 3.04 bits per heavy atom. The van der Waals surface area contributed by atoms with Gasteiger partial charge in [0.25, 0.3) is 0 Å². The molecule has 7 heteroatoms. The van der Waals surface area contributed by atoms with Crippen LogP contribution in [0.4, 0.5) is 0 Å². The normalized spacial score (nSPS) is 28.0. The van der Waals surface area contributed by atoms with Crippen LogP contribution in [0.15, 0.2) is 33.5 Å². The molecule has 1 saturated heterocycles. The summed E-state index contributed by atoms with van der Waals surface area (Å²) in [5.41, 5.74) is 3.57. The number of benzene rings is 1. The minimum atomic E-state index is -0.336. The van der Waals surface area contributed by atoms with Crippen LogP contribution in [0.2, 0.25) is 4.34 Å². The monoisotopic (exact) mass is 404 g/mol. The zero-order valence-electron chi connectivity index (χ0n) is 15.3. The fourth-order valence-electron chi connectivity index (χ4n) is 4.64. The van der Waals surface area contributed by atoms with Gasteiger partial charge in [-0.25, -0.2) is 4.79 Å². The molecule has 5 nitrogen and oxygen atoms in total. The lowest BCUT2D eigenvalue weighted by molar-refractivity contribution is -0.0954. The number of piperidine rings is 1. The van der Waals surface area contributed by atoms with E-state index in [1.54, 1.807) is 18.4 Å². The molecule has 0 saturated carbocycles. The minimum absolute atomic E-state index is 0.121. The second-order valence-corrected chi connectivity index (χ2v) is 9.36. The fraction of sp³-hybridized carbons (Fsp3) is 0.450. The number of oxazole rings is 1. The third-order valence-electron chi connectivity index (χ3n) is 5.82. The van der Waals surface area contributed by atoms with Crippen LogP contribution in [0.1, 0.15) is 41.8 Å². The number of hydrogen-bond donors (Lipinski definition) is 1. The summed E-state index contributed by atoms with van der Waals surface area (Å²) >= 11 is 7.98. The highest BCUT2D eigenvalue weighted by Crippen LogP contribution is 2.50. The molecule has 3 aromatic rings. The molecule has 1 aromatic carbocycles. The van der Waals surface area contributed by atoms with Crippen molar-refractivity contribution in [1.82, 2.24) is 9.88 Å². The van der Waals surface area contributed by atoms with E-state index in [1.807, 2.05) is 12.1 Å². The molecule has 2 aliphatic heterocycles. The van der Waals surface area contributed by atoms with Crippen LogP contribution in [0.3, 0.4) is 0 Å². The van der Waals surface area contributed by atoms with Crippen molar-refractivity contribution < 1.29 is 9.15 Å². The Balaban J connectivity index is 1.56. The van der Waals surface area contributed by atoms with Gasteiger partial charge < -0.3 is 14.5 Å². The smallest absolute Gasteiger partial charge is 0.408 e.